The van der Waals surface area contributed by atoms with Crippen LogP contribution in [0.5, 0.6) is 0 Å². The fourth-order valence-corrected chi connectivity index (χ4v) is 3.10. The van der Waals surface area contributed by atoms with E-state index in [9.17, 15) is 4.79 Å². The fraction of sp³-hybridized carbons (Fsp3) is 0.909. The van der Waals surface area contributed by atoms with Crippen LogP contribution in [0, 0.1) is 0 Å². The van der Waals surface area contributed by atoms with Crippen LogP contribution in [0.1, 0.15) is 25.7 Å². The van der Waals surface area contributed by atoms with E-state index < -0.39 is 0 Å². The van der Waals surface area contributed by atoms with Crippen molar-refractivity contribution >= 4 is 28.9 Å². The van der Waals surface area contributed by atoms with Crippen molar-refractivity contribution in [2.45, 2.75) is 37.8 Å². The van der Waals surface area contributed by atoms with Gasteiger partial charge in [0.1, 0.15) is 0 Å². The molecule has 1 saturated carbocycles. The minimum absolute atomic E-state index is 0.123. The summed E-state index contributed by atoms with van der Waals surface area (Å²) in [7, 11) is 0. The van der Waals surface area contributed by atoms with Crippen LogP contribution in [0.25, 0.3) is 0 Å². The lowest BCUT2D eigenvalue weighted by Gasteiger charge is -2.32. The number of hydrogen-bond acceptors (Lipinski definition) is 3. The molecule has 0 radical (unpaired) electrons. The molecule has 1 aliphatic heterocycles. The largest absolute Gasteiger partial charge is 0.335 e. The predicted molar refractivity (Wildman–Crippen MR) is 76.2 cm³/mol. The first-order chi connectivity index (χ1) is 8.29. The van der Waals surface area contributed by atoms with Gasteiger partial charge < -0.3 is 15.5 Å². The molecule has 0 aromatic heterocycles. The zero-order valence-electron chi connectivity index (χ0n) is 10.0. The highest BCUT2D eigenvalue weighted by atomic mass is 127. The average Bonchev–Trinajstić information content (AvgIpc) is 2.40. The molecule has 5 nitrogen and oxygen atoms in total. The summed E-state index contributed by atoms with van der Waals surface area (Å²) in [6, 6.07) is 1.12. The number of amides is 2. The topological polar surface area (TPSA) is 56.4 Å². The van der Waals surface area contributed by atoms with E-state index in [4.69, 9.17) is 0 Å². The summed E-state index contributed by atoms with van der Waals surface area (Å²) in [5.41, 5.74) is 0. The second-order valence-corrected chi connectivity index (χ2v) is 5.47. The molecule has 1 heterocycles. The molecule has 1 saturated heterocycles. The van der Waals surface area contributed by atoms with E-state index in [0.717, 1.165) is 51.9 Å². The lowest BCUT2D eigenvalue weighted by atomic mass is 9.92. The summed E-state index contributed by atoms with van der Waals surface area (Å²) in [4.78, 5) is 13.9. The Kier molecular flexibility index (Phi) is 5.30. The van der Waals surface area contributed by atoms with Gasteiger partial charge in [0.05, 0.1) is 0 Å². The number of halogens is 1. The Hall–Kier alpha value is -0.0800. The van der Waals surface area contributed by atoms with Crippen molar-refractivity contribution in [3.8, 4) is 0 Å². The SMILES string of the molecule is O=C(NC1CCC(NI)CC1)N1CCNCC1. The van der Waals surface area contributed by atoms with Crippen LogP contribution in [-0.4, -0.2) is 49.2 Å². The number of rotatable bonds is 2. The lowest BCUT2D eigenvalue weighted by molar-refractivity contribution is 0.181. The van der Waals surface area contributed by atoms with Gasteiger partial charge >= 0.3 is 6.03 Å². The van der Waals surface area contributed by atoms with Gasteiger partial charge in [-0.2, -0.15) is 0 Å². The summed E-state index contributed by atoms with van der Waals surface area (Å²) in [5.74, 6) is 0. The van der Waals surface area contributed by atoms with E-state index in [1.165, 1.54) is 0 Å². The number of carbonyl (C=O) groups excluding carboxylic acids is 1. The second-order valence-electron chi connectivity index (χ2n) is 4.84. The molecular formula is C11H21IN4O. The quantitative estimate of drug-likeness (QED) is 0.510. The second kappa shape index (κ2) is 6.75. The van der Waals surface area contributed by atoms with Gasteiger partial charge in [0.15, 0.2) is 0 Å². The minimum atomic E-state index is 0.123. The molecule has 2 rings (SSSR count). The molecule has 17 heavy (non-hydrogen) atoms. The maximum absolute atomic E-state index is 12.0. The molecule has 0 aromatic carbocycles. The highest BCUT2D eigenvalue weighted by Crippen LogP contribution is 2.19. The molecule has 0 atom stereocenters. The molecule has 2 aliphatic rings. The average molecular weight is 352 g/mol. The van der Waals surface area contributed by atoms with Crippen molar-refractivity contribution < 1.29 is 4.79 Å². The summed E-state index contributed by atoms with van der Waals surface area (Å²) < 4.78 is 3.28. The number of nitrogens with zero attached hydrogens (tertiary/aromatic N) is 1. The molecule has 0 bridgehead atoms. The third kappa shape index (κ3) is 3.96. The van der Waals surface area contributed by atoms with Crippen molar-refractivity contribution in [1.82, 2.24) is 19.1 Å². The monoisotopic (exact) mass is 352 g/mol. The zero-order chi connectivity index (χ0) is 12.1. The standard InChI is InChI=1S/C11H21IN4O/c12-15-10-3-1-9(2-4-10)14-11(17)16-7-5-13-6-8-16/h9-10,13,15H,1-8H2,(H,14,17). The van der Waals surface area contributed by atoms with Crippen LogP contribution in [0.15, 0.2) is 0 Å². The van der Waals surface area contributed by atoms with Crippen molar-refractivity contribution in [2.24, 2.45) is 0 Å². The molecule has 2 amide bonds. The summed E-state index contributed by atoms with van der Waals surface area (Å²) in [6.07, 6.45) is 4.52. The predicted octanol–water partition coefficient (Wildman–Crippen LogP) is 0.852. The van der Waals surface area contributed by atoms with Crippen LogP contribution in [0.2, 0.25) is 0 Å². The van der Waals surface area contributed by atoms with E-state index in [2.05, 4.69) is 37.0 Å². The Morgan fingerprint density at radius 1 is 1.12 bits per heavy atom. The van der Waals surface area contributed by atoms with E-state index in [0.29, 0.717) is 12.1 Å². The molecule has 6 heteroatoms. The first-order valence-corrected chi connectivity index (χ1v) is 7.50. The van der Waals surface area contributed by atoms with Crippen LogP contribution >= 0.6 is 22.9 Å². The van der Waals surface area contributed by atoms with Gasteiger partial charge in [-0.3, -0.25) is 3.53 Å². The lowest BCUT2D eigenvalue weighted by Crippen LogP contribution is -2.53. The van der Waals surface area contributed by atoms with Crippen molar-refractivity contribution in [1.29, 1.82) is 0 Å². The third-order valence-corrected chi connectivity index (χ3v) is 4.49. The third-order valence-electron chi connectivity index (χ3n) is 3.61. The number of urea groups is 1. The summed E-state index contributed by atoms with van der Waals surface area (Å²) in [5, 5.41) is 6.42. The van der Waals surface area contributed by atoms with Gasteiger partial charge in [-0.05, 0) is 25.7 Å². The van der Waals surface area contributed by atoms with Crippen molar-refractivity contribution in [3.63, 3.8) is 0 Å². The Balaban J connectivity index is 1.71. The molecule has 0 spiro atoms. The molecule has 1 aliphatic carbocycles. The highest BCUT2D eigenvalue weighted by molar-refractivity contribution is 14.1. The van der Waals surface area contributed by atoms with Crippen molar-refractivity contribution in [3.05, 3.63) is 0 Å². The molecule has 2 fully saturated rings. The summed E-state index contributed by atoms with van der Waals surface area (Å²) >= 11 is 2.22. The van der Waals surface area contributed by atoms with Crippen molar-refractivity contribution in [2.75, 3.05) is 26.2 Å². The van der Waals surface area contributed by atoms with E-state index >= 15 is 0 Å². The van der Waals surface area contributed by atoms with E-state index in [1.54, 1.807) is 0 Å². The number of nitrogens with one attached hydrogen (secondary N) is 3. The first kappa shape index (κ1) is 13.4. The van der Waals surface area contributed by atoms with Gasteiger partial charge in [-0.15, -0.1) is 0 Å². The Bertz CT molecular complexity index is 250. The van der Waals surface area contributed by atoms with Crippen LogP contribution in [0.4, 0.5) is 4.79 Å². The Morgan fingerprint density at radius 3 is 2.29 bits per heavy atom. The van der Waals surface area contributed by atoms with E-state index in [1.807, 2.05) is 4.90 Å². The van der Waals surface area contributed by atoms with Gasteiger partial charge in [-0.1, -0.05) is 0 Å². The first-order valence-electron chi connectivity index (χ1n) is 6.42. The summed E-state index contributed by atoms with van der Waals surface area (Å²) in [6.45, 7) is 3.49. The Morgan fingerprint density at radius 2 is 1.71 bits per heavy atom. The molecule has 3 N–H and O–H groups in total. The molecule has 98 valence electrons. The van der Waals surface area contributed by atoms with Gasteiger partial charge in [0, 0.05) is 61.1 Å². The number of hydrogen-bond donors (Lipinski definition) is 3. The zero-order valence-corrected chi connectivity index (χ0v) is 12.2. The molecular weight excluding hydrogens is 331 g/mol. The van der Waals surface area contributed by atoms with Gasteiger partial charge in [0.2, 0.25) is 0 Å². The van der Waals surface area contributed by atoms with Gasteiger partial charge in [0.25, 0.3) is 0 Å². The highest BCUT2D eigenvalue weighted by Gasteiger charge is 2.24. The van der Waals surface area contributed by atoms with Crippen LogP contribution < -0.4 is 14.2 Å². The normalized spacial score (nSPS) is 30.1. The van der Waals surface area contributed by atoms with Gasteiger partial charge in [-0.25, -0.2) is 4.79 Å². The van der Waals surface area contributed by atoms with Crippen LogP contribution in [-0.2, 0) is 0 Å². The van der Waals surface area contributed by atoms with Crippen LogP contribution in [0.3, 0.4) is 0 Å². The maximum atomic E-state index is 12.0. The fourth-order valence-electron chi connectivity index (χ4n) is 2.48. The smallest absolute Gasteiger partial charge is 0.317 e. The number of piperazine rings is 1. The molecule has 0 unspecified atom stereocenters. The maximum Gasteiger partial charge on any atom is 0.317 e. The number of carbonyl (C=O) groups is 1. The Labute approximate surface area is 117 Å². The van der Waals surface area contributed by atoms with E-state index in [-0.39, 0.29) is 6.03 Å². The molecule has 0 aromatic rings. The minimum Gasteiger partial charge on any atom is -0.335 e.